The fraction of sp³-hybridized carbons (Fsp3) is 0.415. The number of thiophene rings is 1. The molecule has 0 radical (unpaired) electrons. The number of fused-ring (bicyclic) bond motifs is 11. The highest BCUT2D eigenvalue weighted by Crippen LogP contribution is 2.65. The van der Waals surface area contributed by atoms with Crippen LogP contribution in [0, 0.1) is 23.7 Å². The normalized spacial score (nSPS) is 29.4. The predicted molar refractivity (Wildman–Crippen MR) is 190 cm³/mol. The summed E-state index contributed by atoms with van der Waals surface area (Å²) in [5.74, 6) is 3.02. The van der Waals surface area contributed by atoms with Gasteiger partial charge in [-0.1, -0.05) is 92.7 Å². The van der Waals surface area contributed by atoms with Crippen LogP contribution in [0.4, 0.5) is 0 Å². The van der Waals surface area contributed by atoms with E-state index in [9.17, 15) is 0 Å². The van der Waals surface area contributed by atoms with Gasteiger partial charge in [-0.2, -0.15) is 0 Å². The molecule has 2 bridgehead atoms. The molecule has 9 rings (SSSR count). The Labute approximate surface area is 272 Å². The van der Waals surface area contributed by atoms with Crippen molar-refractivity contribution in [2.45, 2.75) is 83.8 Å². The van der Waals surface area contributed by atoms with E-state index < -0.39 is 0 Å². The second-order valence-electron chi connectivity index (χ2n) is 15.8. The lowest BCUT2D eigenvalue weighted by Gasteiger charge is -2.54. The molecule has 0 N–H and O–H groups in total. The van der Waals surface area contributed by atoms with Gasteiger partial charge in [0.05, 0.1) is 11.2 Å². The second-order valence-corrected chi connectivity index (χ2v) is 16.8. The monoisotopic (exact) mass is 610 g/mol. The van der Waals surface area contributed by atoms with Crippen molar-refractivity contribution in [1.29, 1.82) is 0 Å². The van der Waals surface area contributed by atoms with E-state index in [2.05, 4.69) is 120 Å². The Bertz CT molecular complexity index is 1980. The summed E-state index contributed by atoms with van der Waals surface area (Å²) in [6.45, 7) is 13.6. The zero-order chi connectivity index (χ0) is 30.9. The molecule has 1 saturated heterocycles. The maximum atomic E-state index is 6.57. The molecule has 4 aromatic carbocycles. The molecule has 3 aliphatic carbocycles. The quantitative estimate of drug-likeness (QED) is 0.185. The largest absolute Gasteiger partial charge is 0.496 e. The molecule has 3 fully saturated rings. The number of hydrogen-bond acceptors (Lipinski definition) is 3. The van der Waals surface area contributed by atoms with Crippen LogP contribution >= 0.6 is 11.3 Å². The summed E-state index contributed by atoms with van der Waals surface area (Å²) < 4.78 is 15.8. The van der Waals surface area contributed by atoms with Crippen molar-refractivity contribution in [1.82, 2.24) is 0 Å². The molecule has 1 aromatic heterocycles. The highest BCUT2D eigenvalue weighted by molar-refractivity contribution is 7.27. The molecule has 45 heavy (non-hydrogen) atoms. The molecule has 2 nitrogen and oxygen atoms in total. The SMILES string of the molecule is CC1CC2CC(C)C3(c4ccccc4-c4c(-c5cccc6c5sc5c(B7OC(C)(C)C(C)(C)O7)cccc56)cccc43)C(C1)C2. The lowest BCUT2D eigenvalue weighted by Crippen LogP contribution is -2.49. The van der Waals surface area contributed by atoms with E-state index in [1.54, 1.807) is 11.1 Å². The van der Waals surface area contributed by atoms with Crippen molar-refractivity contribution >= 4 is 44.1 Å². The summed E-state index contributed by atoms with van der Waals surface area (Å²) >= 11 is 1.91. The van der Waals surface area contributed by atoms with Crippen molar-refractivity contribution in [3.63, 3.8) is 0 Å². The average Bonchev–Trinajstić information content (AvgIpc) is 3.61. The fourth-order valence-corrected chi connectivity index (χ4v) is 11.5. The van der Waals surface area contributed by atoms with Gasteiger partial charge >= 0.3 is 7.12 Å². The van der Waals surface area contributed by atoms with Crippen molar-refractivity contribution < 1.29 is 9.31 Å². The maximum absolute atomic E-state index is 6.57. The number of benzene rings is 4. The van der Waals surface area contributed by atoms with E-state index in [-0.39, 0.29) is 23.7 Å². The van der Waals surface area contributed by atoms with Gasteiger partial charge in [-0.3, -0.25) is 0 Å². The summed E-state index contributed by atoms with van der Waals surface area (Å²) in [4.78, 5) is 0. The minimum Gasteiger partial charge on any atom is -0.399 e. The molecule has 4 aliphatic rings. The van der Waals surface area contributed by atoms with Gasteiger partial charge in [-0.15, -0.1) is 11.3 Å². The summed E-state index contributed by atoms with van der Waals surface area (Å²) in [6.07, 6.45) is 5.46. The molecule has 4 heteroatoms. The fourth-order valence-electron chi connectivity index (χ4n) is 10.2. The van der Waals surface area contributed by atoms with Gasteiger partial charge in [-0.25, -0.2) is 0 Å². The molecule has 2 heterocycles. The van der Waals surface area contributed by atoms with E-state index in [0.717, 1.165) is 17.3 Å². The molecule has 1 spiro atoms. The smallest absolute Gasteiger partial charge is 0.399 e. The topological polar surface area (TPSA) is 18.5 Å². The summed E-state index contributed by atoms with van der Waals surface area (Å²) in [7, 11) is -0.377. The Kier molecular flexibility index (Phi) is 6.02. The van der Waals surface area contributed by atoms with Crippen molar-refractivity contribution in [2.24, 2.45) is 23.7 Å². The van der Waals surface area contributed by atoms with Crippen LogP contribution in [0.25, 0.3) is 42.4 Å². The van der Waals surface area contributed by atoms with Crippen molar-refractivity contribution in [2.75, 3.05) is 0 Å². The third-order valence-electron chi connectivity index (χ3n) is 12.7. The first-order chi connectivity index (χ1) is 21.6. The van der Waals surface area contributed by atoms with Gasteiger partial charge in [0, 0.05) is 31.2 Å². The molecule has 5 aromatic rings. The minimum absolute atomic E-state index is 0.102. The average molecular weight is 611 g/mol. The summed E-state index contributed by atoms with van der Waals surface area (Å²) in [5, 5.41) is 2.61. The molecule has 228 valence electrons. The summed E-state index contributed by atoms with van der Waals surface area (Å²) in [6, 6.07) is 30.3. The standard InChI is InChI=1S/C41H43BO2S/c1-24-20-26-22-25(2)41(27(21-24)23-26)33-17-8-7-12-32(33)36-28(13-10-18-34(36)41)29-14-9-15-30-31-16-11-19-35(38(31)45-37(29)30)42-43-39(3,4)40(5,6)44-42/h7-19,24-27H,20-23H2,1-6H3. The van der Waals surface area contributed by atoms with Gasteiger partial charge in [0.1, 0.15) is 0 Å². The number of rotatable bonds is 2. The van der Waals surface area contributed by atoms with Crippen molar-refractivity contribution in [3.8, 4) is 22.3 Å². The van der Waals surface area contributed by atoms with Crippen LogP contribution in [0.3, 0.4) is 0 Å². The van der Waals surface area contributed by atoms with Crippen LogP contribution in [0.5, 0.6) is 0 Å². The van der Waals surface area contributed by atoms with E-state index in [1.807, 2.05) is 11.3 Å². The molecule has 1 aliphatic heterocycles. The highest BCUT2D eigenvalue weighted by Gasteiger charge is 2.57. The third kappa shape index (κ3) is 3.77. The van der Waals surface area contributed by atoms with E-state index in [1.165, 1.54) is 68.1 Å². The van der Waals surface area contributed by atoms with E-state index in [0.29, 0.717) is 11.8 Å². The zero-order valence-electron chi connectivity index (χ0n) is 27.4. The predicted octanol–water partition coefficient (Wildman–Crippen LogP) is 10.4. The second kappa shape index (κ2) is 9.56. The maximum Gasteiger partial charge on any atom is 0.496 e. The lowest BCUT2D eigenvalue weighted by molar-refractivity contribution is 0.00578. The zero-order valence-corrected chi connectivity index (χ0v) is 28.3. The molecule has 0 amide bonds. The Morgan fingerprint density at radius 3 is 2.09 bits per heavy atom. The molecular formula is C41H43BO2S. The van der Waals surface area contributed by atoms with Gasteiger partial charge in [0.15, 0.2) is 0 Å². The van der Waals surface area contributed by atoms with E-state index in [4.69, 9.17) is 9.31 Å². The first-order valence-electron chi connectivity index (χ1n) is 17.1. The lowest BCUT2D eigenvalue weighted by atomic mass is 9.49. The van der Waals surface area contributed by atoms with Crippen LogP contribution in [0.2, 0.25) is 0 Å². The van der Waals surface area contributed by atoms with E-state index >= 15 is 0 Å². The summed E-state index contributed by atoms with van der Waals surface area (Å²) in [5.41, 5.74) is 9.33. The Balaban J connectivity index is 1.26. The Morgan fingerprint density at radius 2 is 1.29 bits per heavy atom. The first kappa shape index (κ1) is 28.3. The first-order valence-corrected chi connectivity index (χ1v) is 18.0. The molecule has 2 saturated carbocycles. The van der Waals surface area contributed by atoms with Crippen LogP contribution < -0.4 is 5.46 Å². The van der Waals surface area contributed by atoms with Gasteiger partial charge in [0.2, 0.25) is 0 Å². The highest BCUT2D eigenvalue weighted by atomic mass is 32.1. The molecule has 5 unspecified atom stereocenters. The number of hydrogen-bond donors (Lipinski definition) is 0. The van der Waals surface area contributed by atoms with Crippen LogP contribution in [0.15, 0.2) is 78.9 Å². The molecule has 5 atom stereocenters. The van der Waals surface area contributed by atoms with Crippen molar-refractivity contribution in [3.05, 3.63) is 90.0 Å². The van der Waals surface area contributed by atoms with Crippen LogP contribution in [-0.4, -0.2) is 18.3 Å². The molecular weight excluding hydrogens is 567 g/mol. The minimum atomic E-state index is -0.377. The van der Waals surface area contributed by atoms with Crippen LogP contribution in [-0.2, 0) is 14.7 Å². The Morgan fingerprint density at radius 1 is 0.644 bits per heavy atom. The Hall–Kier alpha value is -2.92. The van der Waals surface area contributed by atoms with Gasteiger partial charge < -0.3 is 9.31 Å². The van der Waals surface area contributed by atoms with Crippen LogP contribution in [0.1, 0.15) is 78.4 Å². The van der Waals surface area contributed by atoms with Gasteiger partial charge in [0.25, 0.3) is 0 Å². The third-order valence-corrected chi connectivity index (χ3v) is 14.0. The van der Waals surface area contributed by atoms with Gasteiger partial charge in [-0.05, 0) is 110 Å².